The fourth-order valence-electron chi connectivity index (χ4n) is 1.85. The molecule has 1 heterocycles. The van der Waals surface area contributed by atoms with Crippen LogP contribution in [0.15, 0.2) is 0 Å². The summed E-state index contributed by atoms with van der Waals surface area (Å²) in [6.07, 6.45) is 4.31. The number of nitrogens with one attached hydrogen (secondary N) is 1. The molecule has 0 radical (unpaired) electrons. The number of urea groups is 1. The number of likely N-dealkylation sites (N-methyl/N-ethyl adjacent to an activating group) is 1. The van der Waals surface area contributed by atoms with Crippen molar-refractivity contribution in [2.24, 2.45) is 0 Å². The standard InChI is InChI=1S/C11H19N3O2/c1-13(11(16)12-9-4-5-9)8-10(15)14-6-2-3-7-14/h9H,2-8H2,1H3,(H,12,16). The van der Waals surface area contributed by atoms with E-state index in [0.29, 0.717) is 6.04 Å². The second-order valence-corrected chi connectivity index (χ2v) is 4.67. The predicted molar refractivity (Wildman–Crippen MR) is 60.0 cm³/mol. The minimum atomic E-state index is -0.130. The topological polar surface area (TPSA) is 52.7 Å². The summed E-state index contributed by atoms with van der Waals surface area (Å²) in [4.78, 5) is 26.7. The van der Waals surface area contributed by atoms with Gasteiger partial charge in [-0.1, -0.05) is 0 Å². The third-order valence-electron chi connectivity index (χ3n) is 3.08. The molecule has 1 N–H and O–H groups in total. The van der Waals surface area contributed by atoms with Crippen LogP contribution in [0.3, 0.4) is 0 Å². The number of hydrogen-bond acceptors (Lipinski definition) is 2. The third kappa shape index (κ3) is 2.87. The summed E-state index contributed by atoms with van der Waals surface area (Å²) in [5.74, 6) is 0.0611. The van der Waals surface area contributed by atoms with Crippen LogP contribution in [0.2, 0.25) is 0 Å². The van der Waals surface area contributed by atoms with E-state index in [-0.39, 0.29) is 18.5 Å². The van der Waals surface area contributed by atoms with Crippen LogP contribution in [-0.4, -0.2) is 54.5 Å². The molecule has 0 bridgehead atoms. The number of hydrogen-bond donors (Lipinski definition) is 1. The maximum Gasteiger partial charge on any atom is 0.317 e. The Labute approximate surface area is 95.8 Å². The van der Waals surface area contributed by atoms with E-state index in [2.05, 4.69) is 5.32 Å². The molecule has 1 saturated heterocycles. The quantitative estimate of drug-likeness (QED) is 0.756. The molecular formula is C11H19N3O2. The first-order chi connectivity index (χ1) is 7.66. The Bertz CT molecular complexity index is 283. The van der Waals surface area contributed by atoms with Gasteiger partial charge >= 0.3 is 6.03 Å². The summed E-state index contributed by atoms with van der Waals surface area (Å²) in [6, 6.07) is 0.215. The van der Waals surface area contributed by atoms with E-state index >= 15 is 0 Å². The highest BCUT2D eigenvalue weighted by molar-refractivity contribution is 5.84. The highest BCUT2D eigenvalue weighted by atomic mass is 16.2. The lowest BCUT2D eigenvalue weighted by Crippen LogP contribution is -2.44. The van der Waals surface area contributed by atoms with Crippen LogP contribution < -0.4 is 5.32 Å². The monoisotopic (exact) mass is 225 g/mol. The molecule has 90 valence electrons. The van der Waals surface area contributed by atoms with E-state index in [1.807, 2.05) is 4.90 Å². The summed E-state index contributed by atoms with van der Waals surface area (Å²) in [7, 11) is 1.67. The van der Waals surface area contributed by atoms with Crippen molar-refractivity contribution in [3.8, 4) is 0 Å². The normalized spacial score (nSPS) is 19.7. The lowest BCUT2D eigenvalue weighted by molar-refractivity contribution is -0.130. The van der Waals surface area contributed by atoms with Crippen molar-refractivity contribution in [1.82, 2.24) is 15.1 Å². The summed E-state index contributed by atoms with van der Waals surface area (Å²) >= 11 is 0. The van der Waals surface area contributed by atoms with Crippen molar-refractivity contribution >= 4 is 11.9 Å². The maximum atomic E-state index is 11.8. The first kappa shape index (κ1) is 11.2. The molecule has 0 aromatic carbocycles. The van der Waals surface area contributed by atoms with Gasteiger partial charge in [0.2, 0.25) is 5.91 Å². The third-order valence-corrected chi connectivity index (χ3v) is 3.08. The van der Waals surface area contributed by atoms with Crippen molar-refractivity contribution in [3.05, 3.63) is 0 Å². The Morgan fingerprint density at radius 2 is 1.94 bits per heavy atom. The van der Waals surface area contributed by atoms with Gasteiger partial charge in [-0.3, -0.25) is 4.79 Å². The zero-order valence-electron chi connectivity index (χ0n) is 9.74. The van der Waals surface area contributed by atoms with Crippen LogP contribution in [0.25, 0.3) is 0 Å². The number of nitrogens with zero attached hydrogens (tertiary/aromatic N) is 2. The molecule has 1 aliphatic heterocycles. The van der Waals surface area contributed by atoms with E-state index < -0.39 is 0 Å². The van der Waals surface area contributed by atoms with Crippen molar-refractivity contribution in [1.29, 1.82) is 0 Å². The molecule has 1 saturated carbocycles. The van der Waals surface area contributed by atoms with Crippen molar-refractivity contribution < 1.29 is 9.59 Å². The van der Waals surface area contributed by atoms with Crippen LogP contribution in [0.4, 0.5) is 4.79 Å². The van der Waals surface area contributed by atoms with Crippen LogP contribution >= 0.6 is 0 Å². The smallest absolute Gasteiger partial charge is 0.317 e. The lowest BCUT2D eigenvalue weighted by Gasteiger charge is -2.21. The molecular weight excluding hydrogens is 206 g/mol. The summed E-state index contributed by atoms with van der Waals surface area (Å²) < 4.78 is 0. The molecule has 0 aromatic heterocycles. The average Bonchev–Trinajstić information content (AvgIpc) is 2.89. The first-order valence-corrected chi connectivity index (χ1v) is 5.96. The molecule has 2 aliphatic rings. The molecule has 0 spiro atoms. The van der Waals surface area contributed by atoms with Crippen LogP contribution in [0.1, 0.15) is 25.7 Å². The molecule has 3 amide bonds. The van der Waals surface area contributed by atoms with Crippen LogP contribution in [-0.2, 0) is 4.79 Å². The van der Waals surface area contributed by atoms with Gasteiger partial charge in [-0.05, 0) is 25.7 Å². The summed E-state index contributed by atoms with van der Waals surface area (Å²) in [5.41, 5.74) is 0. The van der Waals surface area contributed by atoms with Crippen molar-refractivity contribution in [2.45, 2.75) is 31.7 Å². The van der Waals surface area contributed by atoms with Gasteiger partial charge in [-0.25, -0.2) is 4.79 Å². The van der Waals surface area contributed by atoms with Crippen LogP contribution in [0, 0.1) is 0 Å². The van der Waals surface area contributed by atoms with Gasteiger partial charge in [0.1, 0.15) is 6.54 Å². The zero-order valence-corrected chi connectivity index (χ0v) is 9.74. The molecule has 2 rings (SSSR count). The first-order valence-electron chi connectivity index (χ1n) is 5.96. The van der Waals surface area contributed by atoms with E-state index in [1.165, 1.54) is 4.90 Å². The van der Waals surface area contributed by atoms with Gasteiger partial charge in [-0.15, -0.1) is 0 Å². The Morgan fingerprint density at radius 1 is 1.31 bits per heavy atom. The number of likely N-dealkylation sites (tertiary alicyclic amines) is 1. The Balaban J connectivity index is 1.73. The van der Waals surface area contributed by atoms with Gasteiger partial charge in [0.05, 0.1) is 0 Å². The van der Waals surface area contributed by atoms with Crippen molar-refractivity contribution in [3.63, 3.8) is 0 Å². The highest BCUT2D eigenvalue weighted by Crippen LogP contribution is 2.18. The molecule has 16 heavy (non-hydrogen) atoms. The van der Waals surface area contributed by atoms with E-state index in [1.54, 1.807) is 7.05 Å². The zero-order chi connectivity index (χ0) is 11.5. The average molecular weight is 225 g/mol. The predicted octanol–water partition coefficient (Wildman–Crippen LogP) is 0.413. The number of amides is 3. The number of rotatable bonds is 3. The molecule has 0 aromatic rings. The van der Waals surface area contributed by atoms with E-state index in [9.17, 15) is 9.59 Å². The van der Waals surface area contributed by atoms with Crippen LogP contribution in [0.5, 0.6) is 0 Å². The molecule has 0 atom stereocenters. The fraction of sp³-hybridized carbons (Fsp3) is 0.818. The van der Waals surface area contributed by atoms with Crippen molar-refractivity contribution in [2.75, 3.05) is 26.7 Å². The molecule has 2 fully saturated rings. The highest BCUT2D eigenvalue weighted by Gasteiger charge is 2.26. The Kier molecular flexibility index (Phi) is 3.31. The van der Waals surface area contributed by atoms with E-state index in [0.717, 1.165) is 38.8 Å². The number of carbonyl (C=O) groups excluding carboxylic acids is 2. The summed E-state index contributed by atoms with van der Waals surface area (Å²) in [5, 5.41) is 2.87. The van der Waals surface area contributed by atoms with Gasteiger partial charge in [0.15, 0.2) is 0 Å². The second-order valence-electron chi connectivity index (χ2n) is 4.67. The van der Waals surface area contributed by atoms with E-state index in [4.69, 9.17) is 0 Å². The lowest BCUT2D eigenvalue weighted by atomic mass is 10.4. The second kappa shape index (κ2) is 4.72. The van der Waals surface area contributed by atoms with Gasteiger partial charge in [0.25, 0.3) is 0 Å². The minimum absolute atomic E-state index is 0.0611. The maximum absolute atomic E-state index is 11.8. The van der Waals surface area contributed by atoms with Gasteiger partial charge < -0.3 is 15.1 Å². The Hall–Kier alpha value is -1.26. The minimum Gasteiger partial charge on any atom is -0.341 e. The Morgan fingerprint density at radius 3 is 2.50 bits per heavy atom. The molecule has 0 unspecified atom stereocenters. The summed E-state index contributed by atoms with van der Waals surface area (Å²) in [6.45, 7) is 1.88. The van der Waals surface area contributed by atoms with Gasteiger partial charge in [-0.2, -0.15) is 0 Å². The molecule has 1 aliphatic carbocycles. The molecule has 5 heteroatoms. The molecule has 5 nitrogen and oxygen atoms in total. The largest absolute Gasteiger partial charge is 0.341 e. The number of carbonyl (C=O) groups is 2. The fourth-order valence-corrected chi connectivity index (χ4v) is 1.85. The van der Waals surface area contributed by atoms with Gasteiger partial charge in [0, 0.05) is 26.2 Å². The SMILES string of the molecule is CN(CC(=O)N1CCCC1)C(=O)NC1CC1.